The summed E-state index contributed by atoms with van der Waals surface area (Å²) in [5, 5.41) is 2.86. The Bertz CT molecular complexity index is 614. The van der Waals surface area contributed by atoms with E-state index in [0.717, 1.165) is 31.2 Å². The molecular weight excluding hydrogens is 348 g/mol. The van der Waals surface area contributed by atoms with Crippen LogP contribution >= 0.6 is 12.4 Å². The molecule has 0 saturated heterocycles. The number of halogens is 1. The lowest BCUT2D eigenvalue weighted by atomic mass is 9.98. The fraction of sp³-hybridized carbons (Fsp3) is 0.588. The summed E-state index contributed by atoms with van der Waals surface area (Å²) in [7, 11) is -3.38. The van der Waals surface area contributed by atoms with Crippen molar-refractivity contribution in [1.29, 1.82) is 0 Å². The topological polar surface area (TPSA) is 89.3 Å². The molecule has 136 valence electrons. The minimum atomic E-state index is -3.38. The summed E-state index contributed by atoms with van der Waals surface area (Å²) in [4.78, 5) is 12.1. The smallest absolute Gasteiger partial charge is 0.235 e. The largest absolute Gasteiger partial charge is 0.349 e. The Morgan fingerprint density at radius 3 is 2.38 bits per heavy atom. The Morgan fingerprint density at radius 1 is 1.17 bits per heavy atom. The van der Waals surface area contributed by atoms with E-state index in [9.17, 15) is 13.2 Å². The number of amides is 1. The average Bonchev–Trinajstić information content (AvgIpc) is 2.96. The van der Waals surface area contributed by atoms with E-state index in [1.807, 2.05) is 30.3 Å². The highest BCUT2D eigenvalue weighted by Crippen LogP contribution is 2.28. The number of nitrogens with two attached hydrogens (primary N) is 1. The fourth-order valence-electron chi connectivity index (χ4n) is 3.18. The van der Waals surface area contributed by atoms with Crippen LogP contribution in [0.5, 0.6) is 0 Å². The van der Waals surface area contributed by atoms with E-state index in [2.05, 4.69) is 5.32 Å². The Balaban J connectivity index is 0.00000288. The second-order valence-corrected chi connectivity index (χ2v) is 8.60. The number of nitrogens with one attached hydrogen (secondary N) is 1. The molecule has 5 nitrogen and oxygen atoms in total. The van der Waals surface area contributed by atoms with E-state index >= 15 is 0 Å². The van der Waals surface area contributed by atoms with Crippen LogP contribution in [0.1, 0.15) is 37.7 Å². The number of carbonyl (C=O) groups is 1. The molecule has 1 saturated carbocycles. The molecule has 0 spiro atoms. The van der Waals surface area contributed by atoms with Crippen LogP contribution in [0.2, 0.25) is 0 Å². The van der Waals surface area contributed by atoms with Crippen molar-refractivity contribution in [3.8, 4) is 0 Å². The molecule has 1 aliphatic rings. The summed E-state index contributed by atoms with van der Waals surface area (Å²) in [6.45, 7) is 0.368. The summed E-state index contributed by atoms with van der Waals surface area (Å²) in [5.41, 5.74) is 6.48. The van der Waals surface area contributed by atoms with Crippen LogP contribution in [0.4, 0.5) is 0 Å². The van der Waals surface area contributed by atoms with Gasteiger partial charge in [-0.05, 0) is 31.2 Å². The van der Waals surface area contributed by atoms with Gasteiger partial charge in [-0.3, -0.25) is 4.79 Å². The molecule has 1 aliphatic carbocycles. The summed E-state index contributed by atoms with van der Waals surface area (Å²) in [5.74, 6) is -0.828. The second-order valence-electron chi connectivity index (χ2n) is 6.42. The molecule has 0 bridgehead atoms. The van der Waals surface area contributed by atoms with Crippen molar-refractivity contribution in [2.45, 2.75) is 44.1 Å². The molecule has 1 aromatic rings. The van der Waals surface area contributed by atoms with Gasteiger partial charge >= 0.3 is 0 Å². The van der Waals surface area contributed by atoms with Crippen molar-refractivity contribution in [3.05, 3.63) is 35.9 Å². The molecule has 1 fully saturated rings. The van der Waals surface area contributed by atoms with Gasteiger partial charge in [-0.15, -0.1) is 12.4 Å². The number of rotatable bonds is 8. The van der Waals surface area contributed by atoms with E-state index in [1.165, 1.54) is 0 Å². The first-order valence-electron chi connectivity index (χ1n) is 8.20. The number of sulfone groups is 1. The van der Waals surface area contributed by atoms with Gasteiger partial charge in [0.2, 0.25) is 5.91 Å². The SMILES string of the molecule is Cl.NCC1(NC(=O)CS(=O)(=O)CCCc2ccccc2)CCCC1. The third-order valence-corrected chi connectivity index (χ3v) is 6.08. The Hall–Kier alpha value is -1.11. The zero-order chi connectivity index (χ0) is 16.8. The fourth-order valence-corrected chi connectivity index (χ4v) is 4.38. The predicted octanol–water partition coefficient (Wildman–Crippen LogP) is 1.84. The molecular formula is C17H27ClN2O3S. The maximum Gasteiger partial charge on any atom is 0.235 e. The molecule has 2 rings (SSSR count). The number of aryl methyl sites for hydroxylation is 1. The first-order valence-corrected chi connectivity index (χ1v) is 10.0. The van der Waals surface area contributed by atoms with Gasteiger partial charge in [0, 0.05) is 6.54 Å². The number of benzene rings is 1. The molecule has 1 aromatic carbocycles. The molecule has 0 aromatic heterocycles. The molecule has 0 aliphatic heterocycles. The lowest BCUT2D eigenvalue weighted by molar-refractivity contribution is -0.120. The highest BCUT2D eigenvalue weighted by molar-refractivity contribution is 7.92. The third kappa shape index (κ3) is 6.42. The monoisotopic (exact) mass is 374 g/mol. The van der Waals surface area contributed by atoms with Gasteiger partial charge in [-0.2, -0.15) is 0 Å². The van der Waals surface area contributed by atoms with Gasteiger partial charge in [-0.1, -0.05) is 43.2 Å². The van der Waals surface area contributed by atoms with Crippen molar-refractivity contribution >= 4 is 28.2 Å². The third-order valence-electron chi connectivity index (χ3n) is 4.47. The number of carbonyl (C=O) groups excluding carboxylic acids is 1. The molecule has 0 atom stereocenters. The van der Waals surface area contributed by atoms with E-state index < -0.39 is 27.0 Å². The van der Waals surface area contributed by atoms with Gasteiger partial charge in [-0.25, -0.2) is 8.42 Å². The van der Waals surface area contributed by atoms with Crippen molar-refractivity contribution < 1.29 is 13.2 Å². The van der Waals surface area contributed by atoms with E-state index in [1.54, 1.807) is 0 Å². The minimum absolute atomic E-state index is 0. The zero-order valence-corrected chi connectivity index (χ0v) is 15.5. The Kier molecular flexibility index (Phi) is 8.19. The number of hydrogen-bond acceptors (Lipinski definition) is 4. The summed E-state index contributed by atoms with van der Waals surface area (Å²) in [6, 6.07) is 9.76. The molecule has 24 heavy (non-hydrogen) atoms. The standard InChI is InChI=1S/C17H26N2O3S.ClH/c18-14-17(10-4-5-11-17)19-16(20)13-23(21,22)12-6-9-15-7-2-1-3-8-15;/h1-3,7-8H,4-6,9-14,18H2,(H,19,20);1H. The molecule has 0 radical (unpaired) electrons. The summed E-state index contributed by atoms with van der Waals surface area (Å²) < 4.78 is 24.2. The molecule has 0 unspecified atom stereocenters. The first kappa shape index (κ1) is 20.9. The van der Waals surface area contributed by atoms with Crippen molar-refractivity contribution in [3.63, 3.8) is 0 Å². The average molecular weight is 375 g/mol. The maximum atomic E-state index is 12.1. The first-order chi connectivity index (χ1) is 10.9. The highest BCUT2D eigenvalue weighted by Gasteiger charge is 2.34. The van der Waals surface area contributed by atoms with Gasteiger partial charge in [0.05, 0.1) is 11.3 Å². The van der Waals surface area contributed by atoms with Crippen molar-refractivity contribution in [2.24, 2.45) is 5.73 Å². The Labute approximate surface area is 150 Å². The zero-order valence-electron chi connectivity index (χ0n) is 13.9. The van der Waals surface area contributed by atoms with E-state index in [0.29, 0.717) is 19.4 Å². The van der Waals surface area contributed by atoms with Gasteiger partial charge in [0.25, 0.3) is 0 Å². The number of hydrogen-bond donors (Lipinski definition) is 2. The van der Waals surface area contributed by atoms with E-state index in [-0.39, 0.29) is 18.2 Å². The van der Waals surface area contributed by atoms with Crippen LogP contribution in [-0.4, -0.2) is 37.9 Å². The van der Waals surface area contributed by atoms with Gasteiger partial charge in [0.15, 0.2) is 9.84 Å². The van der Waals surface area contributed by atoms with Crippen LogP contribution in [0.25, 0.3) is 0 Å². The normalized spacial score (nSPS) is 16.4. The predicted molar refractivity (Wildman–Crippen MR) is 99.1 cm³/mol. The molecule has 1 amide bonds. The van der Waals surface area contributed by atoms with Crippen LogP contribution in [0, 0.1) is 0 Å². The maximum absolute atomic E-state index is 12.1. The highest BCUT2D eigenvalue weighted by atomic mass is 35.5. The van der Waals surface area contributed by atoms with Crippen LogP contribution < -0.4 is 11.1 Å². The van der Waals surface area contributed by atoms with Crippen LogP contribution in [0.15, 0.2) is 30.3 Å². The van der Waals surface area contributed by atoms with Crippen molar-refractivity contribution in [1.82, 2.24) is 5.32 Å². The van der Waals surface area contributed by atoms with Gasteiger partial charge in [0.1, 0.15) is 5.75 Å². The lowest BCUT2D eigenvalue weighted by Crippen LogP contribution is -2.53. The van der Waals surface area contributed by atoms with E-state index in [4.69, 9.17) is 5.73 Å². The molecule has 0 heterocycles. The van der Waals surface area contributed by atoms with Crippen LogP contribution in [0.3, 0.4) is 0 Å². The quantitative estimate of drug-likeness (QED) is 0.726. The summed E-state index contributed by atoms with van der Waals surface area (Å²) >= 11 is 0. The summed E-state index contributed by atoms with van der Waals surface area (Å²) in [6.07, 6.45) is 4.96. The minimum Gasteiger partial charge on any atom is -0.349 e. The van der Waals surface area contributed by atoms with Gasteiger partial charge < -0.3 is 11.1 Å². The molecule has 7 heteroatoms. The van der Waals surface area contributed by atoms with Crippen LogP contribution in [-0.2, 0) is 21.1 Å². The van der Waals surface area contributed by atoms with Crippen molar-refractivity contribution in [2.75, 3.05) is 18.1 Å². The second kappa shape index (κ2) is 9.39. The lowest BCUT2D eigenvalue weighted by Gasteiger charge is -2.28. The molecule has 3 N–H and O–H groups in total. The Morgan fingerprint density at radius 2 is 1.79 bits per heavy atom.